The van der Waals surface area contributed by atoms with E-state index in [1.165, 1.54) is 0 Å². The molecule has 0 N–H and O–H groups in total. The van der Waals surface area contributed by atoms with Crippen molar-refractivity contribution in [3.05, 3.63) is 28.5 Å². The van der Waals surface area contributed by atoms with Gasteiger partial charge in [0.05, 0.1) is 16.1 Å². The van der Waals surface area contributed by atoms with Crippen LogP contribution < -0.4 is 4.84 Å². The van der Waals surface area contributed by atoms with Crippen LogP contribution in [0.15, 0.2) is 12.1 Å². The molecule has 0 amide bonds. The Bertz CT molecular complexity index is 695. The van der Waals surface area contributed by atoms with Gasteiger partial charge in [-0.05, 0) is 12.1 Å². The van der Waals surface area contributed by atoms with E-state index in [4.69, 9.17) is 16.4 Å². The highest BCUT2D eigenvalue weighted by molar-refractivity contribution is 6.32. The van der Waals surface area contributed by atoms with E-state index in [1.54, 1.807) is 13.8 Å². The molecule has 0 aliphatic heterocycles. The molecule has 21 heavy (non-hydrogen) atoms. The monoisotopic (exact) mass is 320 g/mol. The van der Waals surface area contributed by atoms with E-state index in [0.717, 1.165) is 16.9 Å². The van der Waals surface area contributed by atoms with Crippen molar-refractivity contribution in [2.45, 2.75) is 32.9 Å². The Morgan fingerprint density at radius 2 is 2.05 bits per heavy atom. The van der Waals surface area contributed by atoms with Crippen molar-refractivity contribution in [2.75, 3.05) is 0 Å². The van der Waals surface area contributed by atoms with E-state index in [0.29, 0.717) is 12.2 Å². The molecule has 0 unspecified atom stereocenters. The summed E-state index contributed by atoms with van der Waals surface area (Å²) in [4.78, 5) is 20.6. The third-order valence-corrected chi connectivity index (χ3v) is 3.18. The van der Waals surface area contributed by atoms with Gasteiger partial charge in [0.25, 0.3) is 0 Å². The predicted octanol–water partition coefficient (Wildman–Crippen LogP) is 3.64. The van der Waals surface area contributed by atoms with Gasteiger partial charge in [-0.15, -0.1) is 0 Å². The summed E-state index contributed by atoms with van der Waals surface area (Å²) >= 11 is 5.68. The Balaban J connectivity index is 2.64. The van der Waals surface area contributed by atoms with Crippen molar-refractivity contribution in [3.63, 3.8) is 0 Å². The Morgan fingerprint density at radius 1 is 1.38 bits per heavy atom. The molecule has 2 aromatic rings. The number of carbonyl (C=O) groups is 1. The molecule has 8 heteroatoms. The second-order valence-electron chi connectivity index (χ2n) is 4.31. The number of rotatable bonds is 3. The highest BCUT2D eigenvalue weighted by atomic mass is 35.5. The van der Waals surface area contributed by atoms with Gasteiger partial charge >= 0.3 is 12.1 Å². The molecule has 1 aromatic heterocycles. The molecule has 0 bridgehead atoms. The van der Waals surface area contributed by atoms with Gasteiger partial charge in [-0.2, -0.15) is 17.9 Å². The maximum Gasteiger partial charge on any atom is 0.417 e. The molecule has 0 aliphatic carbocycles. The third kappa shape index (κ3) is 2.97. The normalized spacial score (nSPS) is 11.9. The second kappa shape index (κ2) is 5.55. The molecule has 114 valence electrons. The van der Waals surface area contributed by atoms with Gasteiger partial charge in [0.1, 0.15) is 11.3 Å². The van der Waals surface area contributed by atoms with Crippen molar-refractivity contribution < 1.29 is 22.8 Å². The van der Waals surface area contributed by atoms with Crippen LogP contribution in [0, 0.1) is 0 Å². The van der Waals surface area contributed by atoms with E-state index in [2.05, 4.69) is 4.98 Å². The van der Waals surface area contributed by atoms with Crippen molar-refractivity contribution >= 4 is 28.6 Å². The van der Waals surface area contributed by atoms with Gasteiger partial charge < -0.3 is 4.84 Å². The first-order valence-corrected chi connectivity index (χ1v) is 6.65. The van der Waals surface area contributed by atoms with Crippen molar-refractivity contribution in [2.24, 2.45) is 0 Å². The van der Waals surface area contributed by atoms with Crippen LogP contribution in [0.2, 0.25) is 5.02 Å². The topological polar surface area (TPSA) is 44.1 Å². The molecular weight excluding hydrogens is 309 g/mol. The number of fused-ring (bicyclic) bond motifs is 1. The Morgan fingerprint density at radius 3 is 2.57 bits per heavy atom. The maximum absolute atomic E-state index is 12.8. The SMILES string of the molecule is CCC(=O)On1c(CC)nc2cc(C(F)(F)F)c(Cl)cc21. The standard InChI is InChI=1S/C13H12ClF3N2O2/c1-3-11-18-9-5-7(13(15,16)17)8(14)6-10(9)19(11)21-12(20)4-2/h5-6H,3-4H2,1-2H3. The van der Waals surface area contributed by atoms with E-state index >= 15 is 0 Å². The first kappa shape index (κ1) is 15.6. The van der Waals surface area contributed by atoms with Crippen molar-refractivity contribution in [1.29, 1.82) is 0 Å². The van der Waals surface area contributed by atoms with Gasteiger partial charge in [-0.1, -0.05) is 25.4 Å². The summed E-state index contributed by atoms with van der Waals surface area (Å²) in [6.07, 6.45) is -4.04. The number of aromatic nitrogens is 2. The Kier molecular flexibility index (Phi) is 4.13. The van der Waals surface area contributed by atoms with Crippen LogP contribution in [0.5, 0.6) is 0 Å². The maximum atomic E-state index is 12.8. The number of carbonyl (C=O) groups excluding carboxylic acids is 1. The summed E-state index contributed by atoms with van der Waals surface area (Å²) in [6, 6.07) is 1.96. The van der Waals surface area contributed by atoms with Crippen LogP contribution in [0.1, 0.15) is 31.7 Å². The minimum absolute atomic E-state index is 0.0764. The fourth-order valence-corrected chi connectivity index (χ4v) is 2.10. The van der Waals surface area contributed by atoms with Crippen LogP contribution in [0.4, 0.5) is 13.2 Å². The fraction of sp³-hybridized carbons (Fsp3) is 0.385. The van der Waals surface area contributed by atoms with Gasteiger partial charge in [0.2, 0.25) is 0 Å². The Hall–Kier alpha value is -1.76. The molecule has 0 spiro atoms. The molecule has 1 heterocycles. The lowest BCUT2D eigenvalue weighted by atomic mass is 10.2. The first-order valence-electron chi connectivity index (χ1n) is 6.27. The van der Waals surface area contributed by atoms with E-state index < -0.39 is 22.7 Å². The highest BCUT2D eigenvalue weighted by Gasteiger charge is 2.34. The van der Waals surface area contributed by atoms with Crippen molar-refractivity contribution in [3.8, 4) is 0 Å². The number of alkyl halides is 3. The summed E-state index contributed by atoms with van der Waals surface area (Å²) in [6.45, 7) is 3.37. The minimum Gasteiger partial charge on any atom is -0.335 e. The number of benzene rings is 1. The lowest BCUT2D eigenvalue weighted by molar-refractivity contribution is -0.143. The molecule has 0 fully saturated rings. The Labute approximate surface area is 123 Å². The molecule has 0 atom stereocenters. The number of hydrogen-bond acceptors (Lipinski definition) is 3. The lowest BCUT2D eigenvalue weighted by Gasteiger charge is -2.10. The molecule has 1 aromatic carbocycles. The molecule has 0 radical (unpaired) electrons. The summed E-state index contributed by atoms with van der Waals surface area (Å²) in [5.74, 6) is -0.165. The summed E-state index contributed by atoms with van der Waals surface area (Å²) in [5.41, 5.74) is -0.662. The van der Waals surface area contributed by atoms with E-state index in [9.17, 15) is 18.0 Å². The number of nitrogens with zero attached hydrogens (tertiary/aromatic N) is 2. The number of hydrogen-bond donors (Lipinski definition) is 0. The molecule has 0 aliphatic rings. The summed E-state index contributed by atoms with van der Waals surface area (Å²) in [5, 5.41) is -0.466. The highest BCUT2D eigenvalue weighted by Crippen LogP contribution is 2.37. The van der Waals surface area contributed by atoms with E-state index in [1.807, 2.05) is 0 Å². The molecule has 4 nitrogen and oxygen atoms in total. The zero-order valence-electron chi connectivity index (χ0n) is 11.3. The average Bonchev–Trinajstić information content (AvgIpc) is 2.74. The largest absolute Gasteiger partial charge is 0.417 e. The third-order valence-electron chi connectivity index (χ3n) is 2.87. The van der Waals surface area contributed by atoms with Crippen molar-refractivity contribution in [1.82, 2.24) is 9.71 Å². The first-order chi connectivity index (χ1) is 9.77. The zero-order chi connectivity index (χ0) is 15.8. The van der Waals surface area contributed by atoms with Gasteiger partial charge in [-0.25, -0.2) is 9.78 Å². The molecule has 0 saturated heterocycles. The molecule has 0 saturated carbocycles. The number of halogens is 4. The summed E-state index contributed by atoms with van der Waals surface area (Å²) < 4.78 is 39.6. The predicted molar refractivity (Wildman–Crippen MR) is 71.0 cm³/mol. The van der Waals surface area contributed by atoms with E-state index in [-0.39, 0.29) is 17.5 Å². The minimum atomic E-state index is -4.57. The van der Waals surface area contributed by atoms with Crippen LogP contribution in [0.25, 0.3) is 11.0 Å². The number of imidazole rings is 1. The molecule has 2 rings (SSSR count). The zero-order valence-corrected chi connectivity index (χ0v) is 12.0. The quantitative estimate of drug-likeness (QED) is 0.867. The van der Waals surface area contributed by atoms with Gasteiger partial charge in [0.15, 0.2) is 0 Å². The molecular formula is C13H12ClF3N2O2. The lowest BCUT2D eigenvalue weighted by Crippen LogP contribution is -2.20. The average molecular weight is 321 g/mol. The van der Waals surface area contributed by atoms with Crippen LogP contribution >= 0.6 is 11.6 Å². The smallest absolute Gasteiger partial charge is 0.335 e. The van der Waals surface area contributed by atoms with Crippen LogP contribution in [0.3, 0.4) is 0 Å². The fourth-order valence-electron chi connectivity index (χ4n) is 1.84. The summed E-state index contributed by atoms with van der Waals surface area (Å²) in [7, 11) is 0. The van der Waals surface area contributed by atoms with Crippen LogP contribution in [-0.2, 0) is 17.4 Å². The van der Waals surface area contributed by atoms with Gasteiger partial charge in [-0.3, -0.25) is 0 Å². The number of aryl methyl sites for hydroxylation is 1. The second-order valence-corrected chi connectivity index (χ2v) is 4.72. The van der Waals surface area contributed by atoms with Gasteiger partial charge in [0, 0.05) is 12.8 Å². The van der Waals surface area contributed by atoms with Crippen LogP contribution in [-0.4, -0.2) is 15.7 Å².